The van der Waals surface area contributed by atoms with Gasteiger partial charge in [0.25, 0.3) is 0 Å². The minimum absolute atomic E-state index is 0.0389. The fraction of sp³-hybridized carbons (Fsp3) is 0.615. The molecule has 1 aromatic heterocycles. The lowest BCUT2D eigenvalue weighted by Crippen LogP contribution is -2.16. The van der Waals surface area contributed by atoms with Crippen LogP contribution >= 0.6 is 0 Å². The first-order chi connectivity index (χ1) is 8.08. The van der Waals surface area contributed by atoms with Gasteiger partial charge in [-0.05, 0) is 19.8 Å². The van der Waals surface area contributed by atoms with Crippen LogP contribution in [0, 0.1) is 12.8 Å². The molecule has 1 heterocycles. The van der Waals surface area contributed by atoms with Crippen molar-refractivity contribution in [3.8, 4) is 0 Å². The molecule has 0 amide bonds. The number of aryl methyl sites for hydroxylation is 2. The number of carbonyl (C=O) groups is 2. The molecule has 0 N–H and O–H groups in total. The maximum absolute atomic E-state index is 12.0. The van der Waals surface area contributed by atoms with Gasteiger partial charge in [0.05, 0.1) is 17.7 Å². The summed E-state index contributed by atoms with van der Waals surface area (Å²) in [6.45, 7) is 1.80. The molecule has 0 spiro atoms. The summed E-state index contributed by atoms with van der Waals surface area (Å²) in [6.07, 6.45) is 5.89. The second-order valence-corrected chi connectivity index (χ2v) is 4.85. The molecule has 0 unspecified atom stereocenters. The number of ketones is 2. The van der Waals surface area contributed by atoms with Gasteiger partial charge in [0.1, 0.15) is 5.78 Å². The molecule has 0 aromatic carbocycles. The minimum atomic E-state index is -0.0903. The predicted molar refractivity (Wildman–Crippen MR) is 63.9 cm³/mol. The van der Waals surface area contributed by atoms with Crippen LogP contribution in [0.2, 0.25) is 0 Å². The molecule has 1 aromatic rings. The van der Waals surface area contributed by atoms with Crippen LogP contribution in [0.4, 0.5) is 0 Å². The largest absolute Gasteiger partial charge is 0.299 e. The van der Waals surface area contributed by atoms with Gasteiger partial charge < -0.3 is 0 Å². The van der Waals surface area contributed by atoms with Crippen molar-refractivity contribution < 1.29 is 9.59 Å². The molecule has 0 bridgehead atoms. The summed E-state index contributed by atoms with van der Waals surface area (Å²) in [5, 5.41) is 4.12. The third-order valence-corrected chi connectivity index (χ3v) is 3.46. The smallest absolute Gasteiger partial charge is 0.173 e. The van der Waals surface area contributed by atoms with Gasteiger partial charge in [-0.2, -0.15) is 5.10 Å². The van der Waals surface area contributed by atoms with Gasteiger partial charge in [0.2, 0.25) is 0 Å². The van der Waals surface area contributed by atoms with Gasteiger partial charge in [0.15, 0.2) is 5.78 Å². The molecule has 0 saturated heterocycles. The van der Waals surface area contributed by atoms with Gasteiger partial charge in [0, 0.05) is 19.2 Å². The van der Waals surface area contributed by atoms with Gasteiger partial charge in [-0.1, -0.05) is 12.8 Å². The predicted octanol–water partition coefficient (Wildman–Crippen LogP) is 2.06. The Kier molecular flexibility index (Phi) is 3.41. The Labute approximate surface area is 101 Å². The van der Waals surface area contributed by atoms with Crippen LogP contribution in [-0.4, -0.2) is 21.3 Å². The molecule has 0 radical (unpaired) electrons. The molecule has 0 aliphatic heterocycles. The quantitative estimate of drug-likeness (QED) is 0.592. The standard InChI is InChI=1S/C13H18N2O2/c1-9-11(8-15(2)14-9)13(17)7-12(16)10-5-3-4-6-10/h8,10H,3-7H2,1-2H3. The highest BCUT2D eigenvalue weighted by atomic mass is 16.1. The molecule has 92 valence electrons. The molecule has 4 heteroatoms. The lowest BCUT2D eigenvalue weighted by molar-refractivity contribution is -0.121. The third kappa shape index (κ3) is 2.62. The molecule has 1 fully saturated rings. The van der Waals surface area contributed by atoms with Crippen molar-refractivity contribution in [3.05, 3.63) is 17.5 Å². The molecule has 1 aliphatic carbocycles. The van der Waals surface area contributed by atoms with Crippen LogP contribution in [0.25, 0.3) is 0 Å². The molecule has 0 atom stereocenters. The molecule has 1 saturated carbocycles. The zero-order valence-electron chi connectivity index (χ0n) is 10.4. The number of rotatable bonds is 4. The molecular formula is C13H18N2O2. The maximum Gasteiger partial charge on any atom is 0.173 e. The Morgan fingerprint density at radius 3 is 2.59 bits per heavy atom. The Morgan fingerprint density at radius 2 is 2.06 bits per heavy atom. The summed E-state index contributed by atoms with van der Waals surface area (Å²) in [4.78, 5) is 23.9. The first kappa shape index (κ1) is 12.0. The van der Waals surface area contributed by atoms with Crippen LogP contribution in [0.1, 0.15) is 48.2 Å². The number of hydrogen-bond donors (Lipinski definition) is 0. The summed E-state index contributed by atoms with van der Waals surface area (Å²) in [5.74, 6) is 0.138. The molecule has 17 heavy (non-hydrogen) atoms. The number of hydrogen-bond acceptors (Lipinski definition) is 3. The van der Waals surface area contributed by atoms with Gasteiger partial charge in [-0.15, -0.1) is 0 Å². The van der Waals surface area contributed by atoms with E-state index in [4.69, 9.17) is 0 Å². The second kappa shape index (κ2) is 4.82. The summed E-state index contributed by atoms with van der Waals surface area (Å²) >= 11 is 0. The fourth-order valence-electron chi connectivity index (χ4n) is 2.52. The average Bonchev–Trinajstić information content (AvgIpc) is 2.87. The van der Waals surface area contributed by atoms with Crippen LogP contribution in [0.15, 0.2) is 6.20 Å². The number of Topliss-reactive ketones (excluding diaryl/α,β-unsaturated/α-hetero) is 2. The van der Waals surface area contributed by atoms with Crippen LogP contribution < -0.4 is 0 Å². The number of aromatic nitrogens is 2. The summed E-state index contributed by atoms with van der Waals surface area (Å²) in [6, 6.07) is 0. The van der Waals surface area contributed by atoms with E-state index in [0.29, 0.717) is 11.3 Å². The Hall–Kier alpha value is -1.45. The molecule has 4 nitrogen and oxygen atoms in total. The Bertz CT molecular complexity index is 442. The van der Waals surface area contributed by atoms with Crippen LogP contribution in [0.5, 0.6) is 0 Å². The Balaban J connectivity index is 2.01. The summed E-state index contributed by atoms with van der Waals surface area (Å²) in [5.41, 5.74) is 1.29. The van der Waals surface area contributed by atoms with Crippen molar-refractivity contribution >= 4 is 11.6 Å². The highest BCUT2D eigenvalue weighted by molar-refractivity contribution is 6.09. The van der Waals surface area contributed by atoms with Gasteiger partial charge in [-0.3, -0.25) is 14.3 Å². The third-order valence-electron chi connectivity index (χ3n) is 3.46. The molecule has 2 rings (SSSR count). The van der Waals surface area contributed by atoms with Crippen LogP contribution in [0.3, 0.4) is 0 Å². The van der Waals surface area contributed by atoms with E-state index in [-0.39, 0.29) is 23.9 Å². The second-order valence-electron chi connectivity index (χ2n) is 4.85. The van der Waals surface area contributed by atoms with Gasteiger partial charge >= 0.3 is 0 Å². The maximum atomic E-state index is 12.0. The molecule has 1 aliphatic rings. The SMILES string of the molecule is Cc1nn(C)cc1C(=O)CC(=O)C1CCCC1. The topological polar surface area (TPSA) is 52.0 Å². The van der Waals surface area contributed by atoms with E-state index in [1.807, 2.05) is 0 Å². The number of nitrogens with zero attached hydrogens (tertiary/aromatic N) is 2. The summed E-state index contributed by atoms with van der Waals surface area (Å²) < 4.78 is 1.61. The van der Waals surface area contributed by atoms with E-state index in [2.05, 4.69) is 5.10 Å². The van der Waals surface area contributed by atoms with E-state index in [9.17, 15) is 9.59 Å². The normalized spacial score (nSPS) is 16.4. The fourth-order valence-corrected chi connectivity index (χ4v) is 2.52. The zero-order chi connectivity index (χ0) is 12.4. The van der Waals surface area contributed by atoms with E-state index in [1.165, 1.54) is 0 Å². The van der Waals surface area contributed by atoms with E-state index in [0.717, 1.165) is 25.7 Å². The first-order valence-electron chi connectivity index (χ1n) is 6.14. The highest BCUT2D eigenvalue weighted by Gasteiger charge is 2.25. The first-order valence-corrected chi connectivity index (χ1v) is 6.14. The van der Waals surface area contributed by atoms with Crippen LogP contribution in [-0.2, 0) is 11.8 Å². The minimum Gasteiger partial charge on any atom is -0.299 e. The van der Waals surface area contributed by atoms with Crippen molar-refractivity contribution in [1.82, 2.24) is 9.78 Å². The van der Waals surface area contributed by atoms with E-state index >= 15 is 0 Å². The van der Waals surface area contributed by atoms with E-state index in [1.54, 1.807) is 24.9 Å². The van der Waals surface area contributed by atoms with E-state index < -0.39 is 0 Å². The van der Waals surface area contributed by atoms with Crippen molar-refractivity contribution in [2.45, 2.75) is 39.0 Å². The van der Waals surface area contributed by atoms with Crippen molar-refractivity contribution in [1.29, 1.82) is 0 Å². The Morgan fingerprint density at radius 1 is 1.41 bits per heavy atom. The number of carbonyl (C=O) groups excluding carboxylic acids is 2. The average molecular weight is 234 g/mol. The summed E-state index contributed by atoms with van der Waals surface area (Å²) in [7, 11) is 1.78. The lowest BCUT2D eigenvalue weighted by atomic mass is 9.96. The van der Waals surface area contributed by atoms with Crippen molar-refractivity contribution in [3.63, 3.8) is 0 Å². The monoisotopic (exact) mass is 234 g/mol. The highest BCUT2D eigenvalue weighted by Crippen LogP contribution is 2.27. The lowest BCUT2D eigenvalue weighted by Gasteiger charge is -2.06. The molecular weight excluding hydrogens is 216 g/mol. The zero-order valence-corrected chi connectivity index (χ0v) is 10.4. The van der Waals surface area contributed by atoms with Crippen molar-refractivity contribution in [2.75, 3.05) is 0 Å². The van der Waals surface area contributed by atoms with Crippen molar-refractivity contribution in [2.24, 2.45) is 13.0 Å². The van der Waals surface area contributed by atoms with Gasteiger partial charge in [-0.25, -0.2) is 0 Å².